The zero-order chi connectivity index (χ0) is 27.7. The third kappa shape index (κ3) is 5.19. The minimum Gasteiger partial charge on any atom is -0.457 e. The molecule has 0 fully saturated rings. The van der Waals surface area contributed by atoms with Gasteiger partial charge >= 0.3 is 0 Å². The summed E-state index contributed by atoms with van der Waals surface area (Å²) < 4.78 is 7.87. The second-order valence-electron chi connectivity index (χ2n) is 9.33. The lowest BCUT2D eigenvalue weighted by atomic mass is 10.0. The topological polar surface area (TPSA) is 112 Å². The first kappa shape index (κ1) is 25.6. The summed E-state index contributed by atoms with van der Waals surface area (Å²) in [4.78, 5) is 29.6. The summed E-state index contributed by atoms with van der Waals surface area (Å²) in [5.74, 6) is 0.408. The molecule has 3 aromatic carbocycles. The van der Waals surface area contributed by atoms with Gasteiger partial charge in [0.05, 0.1) is 39.6 Å². The number of pyridine rings is 1. The van der Waals surface area contributed by atoms with Gasteiger partial charge in [0, 0.05) is 35.3 Å². The van der Waals surface area contributed by atoms with Crippen LogP contribution >= 0.6 is 0 Å². The zero-order valence-electron chi connectivity index (χ0n) is 22.1. The number of rotatable bonds is 7. The Bertz CT molecular complexity index is 1740. The number of nitrogens with one attached hydrogen (secondary N) is 1. The summed E-state index contributed by atoms with van der Waals surface area (Å²) in [6.07, 6.45) is 1.75. The highest BCUT2D eigenvalue weighted by molar-refractivity contribution is 6.13. The molecule has 0 aliphatic heterocycles. The Morgan fingerprint density at radius 2 is 1.85 bits per heavy atom. The molecule has 0 radical (unpaired) electrons. The standard InChI is InChI=1S/C30H27N5O4/c1-5-34-20(4)26(17-31-34)28-16-25(24-8-6-7-9-27(24)33-28)30(36)32-21-13-22(35(37)38)15-23(14-21)39-29-12-18(2)10-11-19(29)3/h6-17H,5H2,1-4H3,(H,32,36). The normalized spacial score (nSPS) is 11.0. The zero-order valence-corrected chi connectivity index (χ0v) is 22.1. The van der Waals surface area contributed by atoms with Gasteiger partial charge in [-0.1, -0.05) is 30.3 Å². The highest BCUT2D eigenvalue weighted by Crippen LogP contribution is 2.33. The molecule has 0 aliphatic rings. The molecular formula is C30H27N5O4. The number of non-ortho nitro benzene ring substituents is 1. The highest BCUT2D eigenvalue weighted by Gasteiger charge is 2.19. The predicted octanol–water partition coefficient (Wildman–Crippen LogP) is 7.00. The molecule has 2 aromatic heterocycles. The van der Waals surface area contributed by atoms with E-state index < -0.39 is 10.8 Å². The van der Waals surface area contributed by atoms with Crippen LogP contribution in [0.4, 0.5) is 11.4 Å². The first-order chi connectivity index (χ1) is 18.7. The molecule has 5 rings (SSSR count). The minimum atomic E-state index is -0.514. The molecule has 1 N–H and O–H groups in total. The number of hydrogen-bond donors (Lipinski definition) is 1. The Kier molecular flexibility index (Phi) is 6.81. The third-order valence-corrected chi connectivity index (χ3v) is 6.57. The monoisotopic (exact) mass is 521 g/mol. The van der Waals surface area contributed by atoms with Crippen molar-refractivity contribution in [2.45, 2.75) is 34.2 Å². The maximum absolute atomic E-state index is 13.6. The van der Waals surface area contributed by atoms with Gasteiger partial charge in [-0.15, -0.1) is 0 Å². The van der Waals surface area contributed by atoms with Gasteiger partial charge in [0.1, 0.15) is 11.5 Å². The van der Waals surface area contributed by atoms with Crippen LogP contribution < -0.4 is 10.1 Å². The van der Waals surface area contributed by atoms with Crippen LogP contribution in [0, 0.1) is 30.9 Å². The summed E-state index contributed by atoms with van der Waals surface area (Å²) in [5, 5.41) is 19.6. The van der Waals surface area contributed by atoms with Crippen molar-refractivity contribution in [3.05, 3.63) is 105 Å². The van der Waals surface area contributed by atoms with Gasteiger partial charge in [-0.25, -0.2) is 4.98 Å². The predicted molar refractivity (Wildman–Crippen MR) is 150 cm³/mol. The molecule has 0 bridgehead atoms. The average molecular weight is 522 g/mol. The van der Waals surface area contributed by atoms with E-state index in [0.29, 0.717) is 34.5 Å². The average Bonchev–Trinajstić information content (AvgIpc) is 3.30. The molecule has 39 heavy (non-hydrogen) atoms. The number of fused-ring (bicyclic) bond motifs is 1. The Morgan fingerprint density at radius 3 is 2.59 bits per heavy atom. The number of carbonyl (C=O) groups is 1. The first-order valence-electron chi connectivity index (χ1n) is 12.5. The number of anilines is 1. The minimum absolute atomic E-state index is 0.198. The number of nitro benzene ring substituents is 1. The number of carbonyl (C=O) groups excluding carboxylic acids is 1. The van der Waals surface area contributed by atoms with E-state index >= 15 is 0 Å². The van der Waals surface area contributed by atoms with Gasteiger partial charge in [0.25, 0.3) is 11.6 Å². The lowest BCUT2D eigenvalue weighted by Gasteiger charge is -2.13. The van der Waals surface area contributed by atoms with Gasteiger partial charge in [-0.2, -0.15) is 5.10 Å². The molecular weight excluding hydrogens is 494 g/mol. The Hall–Kier alpha value is -5.05. The number of amides is 1. The summed E-state index contributed by atoms with van der Waals surface area (Å²) >= 11 is 0. The number of aryl methyl sites for hydroxylation is 3. The van der Waals surface area contributed by atoms with Crippen molar-refractivity contribution in [2.75, 3.05) is 5.32 Å². The molecule has 0 spiro atoms. The second kappa shape index (κ2) is 10.4. The number of hydrogen-bond acceptors (Lipinski definition) is 6. The molecule has 0 saturated carbocycles. The summed E-state index contributed by atoms with van der Waals surface area (Å²) in [6.45, 7) is 8.52. The van der Waals surface area contributed by atoms with Crippen LogP contribution in [0.15, 0.2) is 72.9 Å². The van der Waals surface area contributed by atoms with E-state index in [0.717, 1.165) is 22.4 Å². The van der Waals surface area contributed by atoms with Crippen LogP contribution in [0.2, 0.25) is 0 Å². The number of para-hydroxylation sites is 1. The Morgan fingerprint density at radius 1 is 1.05 bits per heavy atom. The molecule has 0 aliphatic carbocycles. The van der Waals surface area contributed by atoms with Crippen LogP contribution in [0.25, 0.3) is 22.2 Å². The Labute approximate surface area is 225 Å². The number of aromatic nitrogens is 3. The molecule has 5 aromatic rings. The fourth-order valence-corrected chi connectivity index (χ4v) is 4.48. The van der Waals surface area contributed by atoms with E-state index in [-0.39, 0.29) is 17.1 Å². The Balaban J connectivity index is 1.54. The lowest BCUT2D eigenvalue weighted by Crippen LogP contribution is -2.13. The maximum atomic E-state index is 13.6. The van der Waals surface area contributed by atoms with Crippen molar-refractivity contribution >= 4 is 28.2 Å². The van der Waals surface area contributed by atoms with Crippen LogP contribution in [-0.2, 0) is 6.54 Å². The van der Waals surface area contributed by atoms with E-state index in [1.165, 1.54) is 12.1 Å². The smallest absolute Gasteiger partial charge is 0.275 e. The quantitative estimate of drug-likeness (QED) is 0.182. The number of nitro groups is 1. The van der Waals surface area contributed by atoms with Crippen molar-refractivity contribution in [1.82, 2.24) is 14.8 Å². The van der Waals surface area contributed by atoms with Crippen LogP contribution in [-0.4, -0.2) is 25.6 Å². The van der Waals surface area contributed by atoms with Crippen molar-refractivity contribution in [1.29, 1.82) is 0 Å². The second-order valence-corrected chi connectivity index (χ2v) is 9.33. The van der Waals surface area contributed by atoms with E-state index in [2.05, 4.69) is 10.4 Å². The van der Waals surface area contributed by atoms with E-state index in [1.807, 2.05) is 74.8 Å². The SMILES string of the molecule is CCn1ncc(-c2cc(C(=O)Nc3cc(Oc4cc(C)ccc4C)cc([N+](=O)[O-])c3)c3ccccc3n2)c1C. The molecule has 9 heteroatoms. The van der Waals surface area contributed by atoms with Crippen molar-refractivity contribution in [3.63, 3.8) is 0 Å². The highest BCUT2D eigenvalue weighted by atomic mass is 16.6. The van der Waals surface area contributed by atoms with Gasteiger partial charge < -0.3 is 10.1 Å². The first-order valence-corrected chi connectivity index (χ1v) is 12.5. The summed E-state index contributed by atoms with van der Waals surface area (Å²) in [6, 6.07) is 19.1. The fourth-order valence-electron chi connectivity index (χ4n) is 4.48. The van der Waals surface area contributed by atoms with Crippen LogP contribution in [0.5, 0.6) is 11.5 Å². The van der Waals surface area contributed by atoms with Crippen molar-refractivity contribution in [3.8, 4) is 22.8 Å². The molecule has 1 amide bonds. The lowest BCUT2D eigenvalue weighted by molar-refractivity contribution is -0.384. The van der Waals surface area contributed by atoms with Gasteiger partial charge in [0.2, 0.25) is 0 Å². The van der Waals surface area contributed by atoms with Gasteiger partial charge in [-0.3, -0.25) is 19.6 Å². The number of benzene rings is 3. The third-order valence-electron chi connectivity index (χ3n) is 6.57. The molecule has 0 saturated heterocycles. The molecule has 196 valence electrons. The number of nitrogens with zero attached hydrogens (tertiary/aromatic N) is 4. The van der Waals surface area contributed by atoms with E-state index in [9.17, 15) is 14.9 Å². The molecule has 9 nitrogen and oxygen atoms in total. The summed E-state index contributed by atoms with van der Waals surface area (Å²) in [5.41, 5.74) is 5.36. The maximum Gasteiger partial charge on any atom is 0.275 e. The van der Waals surface area contributed by atoms with Crippen molar-refractivity contribution < 1.29 is 14.5 Å². The summed E-state index contributed by atoms with van der Waals surface area (Å²) in [7, 11) is 0. The fraction of sp³-hybridized carbons (Fsp3) is 0.167. The van der Waals surface area contributed by atoms with Gasteiger partial charge in [-0.05, 0) is 57.0 Å². The van der Waals surface area contributed by atoms with E-state index in [1.54, 1.807) is 18.3 Å². The molecule has 0 atom stereocenters. The molecule has 2 heterocycles. The van der Waals surface area contributed by atoms with Crippen LogP contribution in [0.1, 0.15) is 34.1 Å². The van der Waals surface area contributed by atoms with Crippen LogP contribution in [0.3, 0.4) is 0 Å². The largest absolute Gasteiger partial charge is 0.457 e. The number of ether oxygens (including phenoxy) is 1. The van der Waals surface area contributed by atoms with Crippen molar-refractivity contribution in [2.24, 2.45) is 0 Å². The van der Waals surface area contributed by atoms with Gasteiger partial charge in [0.15, 0.2) is 0 Å². The van der Waals surface area contributed by atoms with E-state index in [4.69, 9.17) is 9.72 Å². The molecule has 0 unspecified atom stereocenters.